The molecular weight excluding hydrogens is 178 g/mol. The molecule has 0 aromatic carbocycles. The van der Waals surface area contributed by atoms with Gasteiger partial charge in [-0.15, -0.1) is 0 Å². The van der Waals surface area contributed by atoms with Gasteiger partial charge in [0, 0.05) is 12.2 Å². The summed E-state index contributed by atoms with van der Waals surface area (Å²) in [7, 11) is 2.16. The number of aromatic nitrogens is 2. The van der Waals surface area contributed by atoms with E-state index in [0.717, 1.165) is 18.8 Å². The molecule has 1 aromatic rings. The molecule has 2 heterocycles. The van der Waals surface area contributed by atoms with Crippen LogP contribution in [0.1, 0.15) is 24.6 Å². The second-order valence-electron chi connectivity index (χ2n) is 4.00. The first kappa shape index (κ1) is 9.68. The predicted molar refractivity (Wildman–Crippen MR) is 53.9 cm³/mol. The Morgan fingerprint density at radius 3 is 2.79 bits per heavy atom. The van der Waals surface area contributed by atoms with E-state index in [1.54, 1.807) is 0 Å². The minimum atomic E-state index is 0.0413. The third kappa shape index (κ3) is 1.96. The first-order valence-electron chi connectivity index (χ1n) is 5.11. The molecule has 2 rings (SSSR count). The van der Waals surface area contributed by atoms with E-state index in [1.165, 1.54) is 12.8 Å². The van der Waals surface area contributed by atoms with Gasteiger partial charge in [0.2, 0.25) is 0 Å². The lowest BCUT2D eigenvalue weighted by Crippen LogP contribution is -2.31. The number of piperidine rings is 1. The van der Waals surface area contributed by atoms with Gasteiger partial charge in [0.15, 0.2) is 0 Å². The number of likely N-dealkylation sites (tertiary alicyclic amines) is 1. The van der Waals surface area contributed by atoms with Crippen LogP contribution >= 0.6 is 0 Å². The monoisotopic (exact) mass is 195 g/mol. The van der Waals surface area contributed by atoms with Gasteiger partial charge in [0.05, 0.1) is 18.6 Å². The maximum absolute atomic E-state index is 8.91. The van der Waals surface area contributed by atoms with Crippen molar-refractivity contribution in [3.8, 4) is 0 Å². The average molecular weight is 195 g/mol. The highest BCUT2D eigenvalue weighted by Crippen LogP contribution is 2.21. The van der Waals surface area contributed by atoms with Crippen molar-refractivity contribution in [1.82, 2.24) is 14.5 Å². The fourth-order valence-corrected chi connectivity index (χ4v) is 1.95. The minimum Gasteiger partial charge on any atom is -0.390 e. The molecule has 0 bridgehead atoms. The second kappa shape index (κ2) is 4.11. The van der Waals surface area contributed by atoms with Gasteiger partial charge >= 0.3 is 0 Å². The van der Waals surface area contributed by atoms with E-state index in [4.69, 9.17) is 5.11 Å². The lowest BCUT2D eigenvalue weighted by Gasteiger charge is -2.29. The molecule has 0 spiro atoms. The van der Waals surface area contributed by atoms with E-state index < -0.39 is 0 Å². The third-order valence-electron chi connectivity index (χ3n) is 2.93. The van der Waals surface area contributed by atoms with Crippen LogP contribution in [0, 0.1) is 0 Å². The van der Waals surface area contributed by atoms with Crippen molar-refractivity contribution in [2.24, 2.45) is 0 Å². The van der Waals surface area contributed by atoms with E-state index in [9.17, 15) is 0 Å². The molecule has 0 saturated carbocycles. The number of hydrogen-bond donors (Lipinski definition) is 1. The first-order valence-corrected chi connectivity index (χ1v) is 5.11. The van der Waals surface area contributed by atoms with E-state index >= 15 is 0 Å². The van der Waals surface area contributed by atoms with Crippen LogP contribution in [0.15, 0.2) is 12.5 Å². The lowest BCUT2D eigenvalue weighted by molar-refractivity contribution is 0.221. The molecule has 0 radical (unpaired) electrons. The van der Waals surface area contributed by atoms with Gasteiger partial charge in [-0.25, -0.2) is 4.98 Å². The van der Waals surface area contributed by atoms with Crippen molar-refractivity contribution in [2.75, 3.05) is 20.1 Å². The van der Waals surface area contributed by atoms with Crippen molar-refractivity contribution < 1.29 is 5.11 Å². The summed E-state index contributed by atoms with van der Waals surface area (Å²) < 4.78 is 2.14. The van der Waals surface area contributed by atoms with Crippen molar-refractivity contribution in [2.45, 2.75) is 25.5 Å². The lowest BCUT2D eigenvalue weighted by atomic mass is 10.1. The molecular formula is C10H17N3O. The summed E-state index contributed by atoms with van der Waals surface area (Å²) in [6.07, 6.45) is 6.15. The quantitative estimate of drug-likeness (QED) is 0.753. The Bertz CT molecular complexity index is 289. The van der Waals surface area contributed by atoms with Gasteiger partial charge in [-0.1, -0.05) is 0 Å². The number of hydrogen-bond acceptors (Lipinski definition) is 3. The Labute approximate surface area is 84.2 Å². The van der Waals surface area contributed by atoms with Crippen LogP contribution in [-0.4, -0.2) is 39.7 Å². The summed E-state index contributed by atoms with van der Waals surface area (Å²) in [5, 5.41) is 8.91. The SMILES string of the molecule is CN1CCC(n2cnc(CO)c2)CC1. The Hall–Kier alpha value is -0.870. The van der Waals surface area contributed by atoms with Crippen LogP contribution in [0.25, 0.3) is 0 Å². The van der Waals surface area contributed by atoms with E-state index in [1.807, 2.05) is 12.5 Å². The smallest absolute Gasteiger partial charge is 0.0953 e. The highest BCUT2D eigenvalue weighted by atomic mass is 16.3. The maximum atomic E-state index is 8.91. The highest BCUT2D eigenvalue weighted by Gasteiger charge is 2.17. The minimum absolute atomic E-state index is 0.0413. The number of aliphatic hydroxyl groups excluding tert-OH is 1. The summed E-state index contributed by atoms with van der Waals surface area (Å²) in [5.74, 6) is 0. The summed E-state index contributed by atoms with van der Waals surface area (Å²) in [6.45, 7) is 2.34. The molecule has 4 nitrogen and oxygen atoms in total. The molecule has 1 fully saturated rings. The van der Waals surface area contributed by atoms with E-state index in [0.29, 0.717) is 6.04 Å². The molecule has 0 atom stereocenters. The van der Waals surface area contributed by atoms with Gasteiger partial charge in [-0.2, -0.15) is 0 Å². The molecule has 1 aromatic heterocycles. The zero-order valence-corrected chi connectivity index (χ0v) is 8.56. The fourth-order valence-electron chi connectivity index (χ4n) is 1.95. The summed E-state index contributed by atoms with van der Waals surface area (Å²) >= 11 is 0. The molecule has 4 heteroatoms. The molecule has 1 aliphatic heterocycles. The van der Waals surface area contributed by atoms with Crippen LogP contribution < -0.4 is 0 Å². The van der Waals surface area contributed by atoms with E-state index in [-0.39, 0.29) is 6.61 Å². The predicted octanol–water partition coefficient (Wildman–Crippen LogP) is 0.642. The Kier molecular flexibility index (Phi) is 2.84. The number of rotatable bonds is 2. The van der Waals surface area contributed by atoms with Crippen molar-refractivity contribution >= 4 is 0 Å². The first-order chi connectivity index (χ1) is 6.79. The molecule has 1 saturated heterocycles. The highest BCUT2D eigenvalue weighted by molar-refractivity contribution is 4.96. The Balaban J connectivity index is 2.01. The normalized spacial score (nSPS) is 20.1. The summed E-state index contributed by atoms with van der Waals surface area (Å²) in [5.41, 5.74) is 0.768. The molecule has 0 amide bonds. The summed E-state index contributed by atoms with van der Waals surface area (Å²) in [4.78, 5) is 6.48. The largest absolute Gasteiger partial charge is 0.390 e. The van der Waals surface area contributed by atoms with Crippen molar-refractivity contribution in [3.05, 3.63) is 18.2 Å². The molecule has 0 aliphatic carbocycles. The fraction of sp³-hybridized carbons (Fsp3) is 0.700. The van der Waals surface area contributed by atoms with Crippen LogP contribution in [0.2, 0.25) is 0 Å². The van der Waals surface area contributed by atoms with Gasteiger partial charge in [0.1, 0.15) is 0 Å². The zero-order valence-electron chi connectivity index (χ0n) is 8.56. The molecule has 78 valence electrons. The molecule has 1 N–H and O–H groups in total. The van der Waals surface area contributed by atoms with Crippen LogP contribution in [0.5, 0.6) is 0 Å². The topological polar surface area (TPSA) is 41.3 Å². The van der Waals surface area contributed by atoms with Gasteiger partial charge in [-0.05, 0) is 33.0 Å². The number of aliphatic hydroxyl groups is 1. The van der Waals surface area contributed by atoms with E-state index in [2.05, 4.69) is 21.5 Å². The second-order valence-corrected chi connectivity index (χ2v) is 4.00. The standard InChI is InChI=1S/C10H17N3O/c1-12-4-2-10(3-5-12)13-6-9(7-14)11-8-13/h6,8,10,14H,2-5,7H2,1H3. The summed E-state index contributed by atoms with van der Waals surface area (Å²) in [6, 6.07) is 0.569. The third-order valence-corrected chi connectivity index (χ3v) is 2.93. The maximum Gasteiger partial charge on any atom is 0.0953 e. The van der Waals surface area contributed by atoms with Crippen LogP contribution in [0.3, 0.4) is 0 Å². The molecule has 1 aliphatic rings. The van der Waals surface area contributed by atoms with Crippen molar-refractivity contribution in [1.29, 1.82) is 0 Å². The van der Waals surface area contributed by atoms with Gasteiger partial charge in [0.25, 0.3) is 0 Å². The molecule has 14 heavy (non-hydrogen) atoms. The van der Waals surface area contributed by atoms with Crippen LogP contribution in [0.4, 0.5) is 0 Å². The van der Waals surface area contributed by atoms with Gasteiger partial charge in [-0.3, -0.25) is 0 Å². The Morgan fingerprint density at radius 2 is 2.21 bits per heavy atom. The number of imidazole rings is 1. The van der Waals surface area contributed by atoms with Crippen molar-refractivity contribution in [3.63, 3.8) is 0 Å². The Morgan fingerprint density at radius 1 is 1.50 bits per heavy atom. The molecule has 0 unspecified atom stereocenters. The number of nitrogens with zero attached hydrogens (tertiary/aromatic N) is 3. The van der Waals surface area contributed by atoms with Crippen LogP contribution in [-0.2, 0) is 6.61 Å². The average Bonchev–Trinajstić information content (AvgIpc) is 2.67. The van der Waals surface area contributed by atoms with Gasteiger partial charge < -0.3 is 14.6 Å². The zero-order chi connectivity index (χ0) is 9.97.